The summed E-state index contributed by atoms with van der Waals surface area (Å²) in [4.78, 5) is 14.1. The first-order valence-electron chi connectivity index (χ1n) is 6.16. The van der Waals surface area contributed by atoms with Crippen LogP contribution in [0.15, 0.2) is 18.3 Å². The van der Waals surface area contributed by atoms with Crippen LogP contribution in [0.25, 0.3) is 0 Å². The van der Waals surface area contributed by atoms with Crippen LogP contribution in [0.5, 0.6) is 0 Å². The predicted molar refractivity (Wildman–Crippen MR) is 67.3 cm³/mol. The van der Waals surface area contributed by atoms with Crippen molar-refractivity contribution in [3.8, 4) is 0 Å². The summed E-state index contributed by atoms with van der Waals surface area (Å²) in [6.07, 6.45) is 4.63. The summed E-state index contributed by atoms with van der Waals surface area (Å²) in [7, 11) is 0. The molecule has 2 rings (SSSR count). The Balaban J connectivity index is 2.00. The summed E-state index contributed by atoms with van der Waals surface area (Å²) in [6, 6.07) is 3.33. The Hall–Kier alpha value is -1.69. The number of nitrogens with one attached hydrogen (secondary N) is 1. The van der Waals surface area contributed by atoms with Gasteiger partial charge in [-0.15, -0.1) is 0 Å². The number of aliphatic hydroxyl groups excluding tert-OH is 1. The molecule has 0 bridgehead atoms. The van der Waals surface area contributed by atoms with Crippen LogP contribution in [0.3, 0.4) is 0 Å². The third kappa shape index (κ3) is 2.76. The molecule has 1 aliphatic carbocycles. The Bertz CT molecular complexity index is 425. The van der Waals surface area contributed by atoms with Crippen molar-refractivity contribution in [3.05, 3.63) is 28.4 Å². The fourth-order valence-corrected chi connectivity index (χ4v) is 2.54. The second-order valence-corrected chi connectivity index (χ2v) is 4.65. The highest BCUT2D eigenvalue weighted by Gasteiger charge is 2.27. The second kappa shape index (κ2) is 5.77. The van der Waals surface area contributed by atoms with Crippen molar-refractivity contribution in [1.82, 2.24) is 4.98 Å². The van der Waals surface area contributed by atoms with Gasteiger partial charge < -0.3 is 20.5 Å². The molecule has 0 radical (unpaired) electrons. The molecule has 0 saturated heterocycles. The molecule has 6 nitrogen and oxygen atoms in total. The summed E-state index contributed by atoms with van der Waals surface area (Å²) in [5.41, 5.74) is 0.450. The van der Waals surface area contributed by atoms with Crippen LogP contribution in [-0.4, -0.2) is 28.2 Å². The summed E-state index contributed by atoms with van der Waals surface area (Å²) in [5.74, 6) is 0.555. The fraction of sp³-hybridized carbons (Fsp3) is 0.583. The van der Waals surface area contributed by atoms with Crippen LogP contribution in [0.2, 0.25) is 0 Å². The second-order valence-electron chi connectivity index (χ2n) is 4.65. The summed E-state index contributed by atoms with van der Waals surface area (Å²) in [6.45, 7) is 0.846. The van der Waals surface area contributed by atoms with Crippen molar-refractivity contribution >= 4 is 11.5 Å². The number of hydrogen-bond donors (Lipinski definition) is 2. The van der Waals surface area contributed by atoms with Crippen LogP contribution in [0, 0.1) is 22.0 Å². The first kappa shape index (κ1) is 12.8. The number of aromatic nitrogens is 1. The summed E-state index contributed by atoms with van der Waals surface area (Å²) in [5, 5.41) is 23.1. The summed E-state index contributed by atoms with van der Waals surface area (Å²) >= 11 is 0. The van der Waals surface area contributed by atoms with Crippen molar-refractivity contribution < 1.29 is 10.0 Å². The van der Waals surface area contributed by atoms with Gasteiger partial charge in [-0.25, -0.2) is 0 Å². The van der Waals surface area contributed by atoms with E-state index in [4.69, 9.17) is 0 Å². The Labute approximate surface area is 105 Å². The zero-order valence-corrected chi connectivity index (χ0v) is 10.1. The number of pyridine rings is 1. The van der Waals surface area contributed by atoms with E-state index in [2.05, 4.69) is 10.3 Å². The Kier molecular flexibility index (Phi) is 4.09. The van der Waals surface area contributed by atoms with Gasteiger partial charge in [0.15, 0.2) is 0 Å². The van der Waals surface area contributed by atoms with Gasteiger partial charge in [0.05, 0.1) is 0 Å². The average Bonchev–Trinajstić information content (AvgIpc) is 2.84. The van der Waals surface area contributed by atoms with Gasteiger partial charge in [-0.2, -0.15) is 0 Å². The molecule has 0 amide bonds. The van der Waals surface area contributed by atoms with Crippen LogP contribution in [0.4, 0.5) is 11.5 Å². The molecule has 98 valence electrons. The van der Waals surface area contributed by atoms with Crippen LogP contribution >= 0.6 is 0 Å². The van der Waals surface area contributed by atoms with E-state index < -0.39 is 4.92 Å². The molecule has 0 aliphatic heterocycles. The minimum Gasteiger partial charge on any atom is -0.396 e. The molecular weight excluding hydrogens is 234 g/mol. The Morgan fingerprint density at radius 3 is 3.00 bits per heavy atom. The van der Waals surface area contributed by atoms with E-state index in [0.29, 0.717) is 24.1 Å². The first-order chi connectivity index (χ1) is 8.72. The predicted octanol–water partition coefficient (Wildman–Crippen LogP) is 1.81. The molecular formula is C12H17N3O3. The molecule has 0 spiro atoms. The monoisotopic (exact) mass is 251 g/mol. The van der Waals surface area contributed by atoms with Crippen LogP contribution < -0.4 is 5.32 Å². The Morgan fingerprint density at radius 2 is 2.28 bits per heavy atom. The van der Waals surface area contributed by atoms with Gasteiger partial charge in [-0.3, -0.25) is 0 Å². The third-order valence-electron chi connectivity index (χ3n) is 3.57. The van der Waals surface area contributed by atoms with Crippen molar-refractivity contribution in [1.29, 1.82) is 0 Å². The van der Waals surface area contributed by atoms with Crippen molar-refractivity contribution in [2.24, 2.45) is 11.8 Å². The molecule has 2 N–H and O–H groups in total. The van der Waals surface area contributed by atoms with Crippen molar-refractivity contribution in [2.45, 2.75) is 19.3 Å². The molecule has 1 heterocycles. The maximum absolute atomic E-state index is 10.8. The van der Waals surface area contributed by atoms with Gasteiger partial charge in [0.25, 0.3) is 0 Å². The maximum Gasteiger partial charge on any atom is 0.386 e. The van der Waals surface area contributed by atoms with Crippen LogP contribution in [-0.2, 0) is 0 Å². The standard InChI is InChI=1S/C12H17N3O3/c16-8-10-4-1-3-9(10)7-14-11-5-2-6-13-12(11)15(17)18/h2,5-6,9-10,14,16H,1,3-4,7-8H2. The highest BCUT2D eigenvalue weighted by Crippen LogP contribution is 2.32. The average molecular weight is 251 g/mol. The minimum atomic E-state index is -0.486. The molecule has 1 saturated carbocycles. The molecule has 0 aromatic carbocycles. The zero-order chi connectivity index (χ0) is 13.0. The van der Waals surface area contributed by atoms with Crippen molar-refractivity contribution in [2.75, 3.05) is 18.5 Å². The highest BCUT2D eigenvalue weighted by atomic mass is 16.6. The van der Waals surface area contributed by atoms with E-state index in [1.165, 1.54) is 6.20 Å². The maximum atomic E-state index is 10.8. The molecule has 1 aromatic heterocycles. The molecule has 18 heavy (non-hydrogen) atoms. The third-order valence-corrected chi connectivity index (χ3v) is 3.57. The topological polar surface area (TPSA) is 88.3 Å². The lowest BCUT2D eigenvalue weighted by atomic mass is 9.97. The first-order valence-corrected chi connectivity index (χ1v) is 6.16. The van der Waals surface area contributed by atoms with Crippen molar-refractivity contribution in [3.63, 3.8) is 0 Å². The highest BCUT2D eigenvalue weighted by molar-refractivity contribution is 5.56. The number of rotatable bonds is 5. The number of aliphatic hydroxyl groups is 1. The molecule has 2 atom stereocenters. The lowest BCUT2D eigenvalue weighted by Gasteiger charge is -2.18. The molecule has 1 aliphatic rings. The number of hydrogen-bond acceptors (Lipinski definition) is 5. The van der Waals surface area contributed by atoms with Gasteiger partial charge >= 0.3 is 5.82 Å². The lowest BCUT2D eigenvalue weighted by Crippen LogP contribution is -2.21. The quantitative estimate of drug-likeness (QED) is 0.615. The number of anilines is 1. The van der Waals surface area contributed by atoms with E-state index in [0.717, 1.165) is 19.3 Å². The molecule has 1 fully saturated rings. The van der Waals surface area contributed by atoms with Gasteiger partial charge in [0, 0.05) is 13.2 Å². The van der Waals surface area contributed by atoms with Gasteiger partial charge in [-0.1, -0.05) is 6.42 Å². The number of nitro groups is 1. The minimum absolute atomic E-state index is 0.143. The molecule has 2 unspecified atom stereocenters. The molecule has 6 heteroatoms. The van der Waals surface area contributed by atoms with E-state index in [1.807, 2.05) is 0 Å². The van der Waals surface area contributed by atoms with E-state index in [9.17, 15) is 15.2 Å². The van der Waals surface area contributed by atoms with E-state index in [1.54, 1.807) is 12.1 Å². The SMILES string of the molecule is O=[N+]([O-])c1ncccc1NCC1CCCC1CO. The van der Waals surface area contributed by atoms with Crippen LogP contribution in [0.1, 0.15) is 19.3 Å². The zero-order valence-electron chi connectivity index (χ0n) is 10.1. The fourth-order valence-electron chi connectivity index (χ4n) is 2.54. The van der Waals surface area contributed by atoms with Gasteiger partial charge in [-0.05, 0) is 46.7 Å². The van der Waals surface area contributed by atoms with Gasteiger partial charge in [0.1, 0.15) is 11.9 Å². The Morgan fingerprint density at radius 1 is 1.50 bits per heavy atom. The molecule has 1 aromatic rings. The summed E-state index contributed by atoms with van der Waals surface area (Å²) < 4.78 is 0. The normalized spacial score (nSPS) is 22.9. The number of nitrogens with zero attached hydrogens (tertiary/aromatic N) is 2. The van der Waals surface area contributed by atoms with E-state index in [-0.39, 0.29) is 12.4 Å². The van der Waals surface area contributed by atoms with Gasteiger partial charge in [0.2, 0.25) is 0 Å². The largest absolute Gasteiger partial charge is 0.396 e. The lowest BCUT2D eigenvalue weighted by molar-refractivity contribution is -0.388. The smallest absolute Gasteiger partial charge is 0.386 e. The van der Waals surface area contributed by atoms with E-state index >= 15 is 0 Å².